The molecule has 1 heterocycles. The van der Waals surface area contributed by atoms with E-state index in [0.29, 0.717) is 5.69 Å². The first kappa shape index (κ1) is 11.6. The van der Waals surface area contributed by atoms with Gasteiger partial charge in [0.15, 0.2) is 0 Å². The van der Waals surface area contributed by atoms with E-state index in [-0.39, 0.29) is 24.9 Å². The lowest BCUT2D eigenvalue weighted by Crippen LogP contribution is -2.35. The molecule has 6 heteroatoms. The number of carbonyl (C=O) groups excluding carboxylic acids is 1. The second-order valence-electron chi connectivity index (χ2n) is 4.26. The van der Waals surface area contributed by atoms with Crippen molar-refractivity contribution in [1.29, 1.82) is 0 Å². The van der Waals surface area contributed by atoms with Gasteiger partial charge in [0.05, 0.1) is 18.9 Å². The molecule has 0 aliphatic heterocycles. The largest absolute Gasteiger partial charge is 0.481 e. The van der Waals surface area contributed by atoms with E-state index in [1.807, 2.05) is 0 Å². The minimum absolute atomic E-state index is 0.0138. The third-order valence-corrected chi connectivity index (χ3v) is 2.85. The predicted octanol–water partition coefficient (Wildman–Crippen LogP) is 0.499. The summed E-state index contributed by atoms with van der Waals surface area (Å²) in [5.74, 6) is -1.01. The maximum atomic E-state index is 12.2. The molecule has 0 saturated heterocycles. The molecule has 2 rings (SSSR count). The summed E-state index contributed by atoms with van der Waals surface area (Å²) in [7, 11) is 1.75. The number of carboxylic acids is 1. The number of rotatable bonds is 5. The molecule has 1 fully saturated rings. The van der Waals surface area contributed by atoms with Crippen LogP contribution in [0.1, 0.15) is 29.8 Å². The number of aliphatic carboxylic acids is 1. The van der Waals surface area contributed by atoms with Crippen molar-refractivity contribution >= 4 is 11.9 Å². The topological polar surface area (TPSA) is 75.4 Å². The molecule has 0 atom stereocenters. The number of carboxylic acid groups (broad SMARTS) is 1. The molecule has 1 aliphatic carbocycles. The molecule has 1 aliphatic rings. The number of nitrogens with zero attached hydrogens (tertiary/aromatic N) is 3. The van der Waals surface area contributed by atoms with Crippen LogP contribution in [0.3, 0.4) is 0 Å². The Morgan fingerprint density at radius 3 is 2.76 bits per heavy atom. The molecule has 1 amide bonds. The van der Waals surface area contributed by atoms with Gasteiger partial charge in [-0.25, -0.2) is 4.98 Å². The van der Waals surface area contributed by atoms with Gasteiger partial charge in [-0.2, -0.15) is 0 Å². The number of amides is 1. The lowest BCUT2D eigenvalue weighted by Gasteiger charge is -2.21. The van der Waals surface area contributed by atoms with E-state index in [1.165, 1.54) is 6.20 Å². The van der Waals surface area contributed by atoms with Gasteiger partial charge in [0.25, 0.3) is 5.91 Å². The van der Waals surface area contributed by atoms with Crippen LogP contribution in [0.25, 0.3) is 0 Å². The van der Waals surface area contributed by atoms with Crippen molar-refractivity contribution in [2.45, 2.75) is 25.3 Å². The molecule has 0 spiro atoms. The van der Waals surface area contributed by atoms with Gasteiger partial charge in [0, 0.05) is 19.6 Å². The molecule has 6 nitrogen and oxygen atoms in total. The first-order valence-electron chi connectivity index (χ1n) is 5.58. The summed E-state index contributed by atoms with van der Waals surface area (Å²) < 4.78 is 1.65. The van der Waals surface area contributed by atoms with Crippen LogP contribution in [-0.2, 0) is 11.8 Å². The van der Waals surface area contributed by atoms with Crippen LogP contribution in [0.5, 0.6) is 0 Å². The van der Waals surface area contributed by atoms with Crippen LogP contribution in [0.2, 0.25) is 0 Å². The lowest BCUT2D eigenvalue weighted by molar-refractivity contribution is -0.137. The summed E-state index contributed by atoms with van der Waals surface area (Å²) in [6, 6.07) is 0.205. The van der Waals surface area contributed by atoms with Crippen molar-refractivity contribution in [3.8, 4) is 0 Å². The van der Waals surface area contributed by atoms with E-state index >= 15 is 0 Å². The van der Waals surface area contributed by atoms with Crippen molar-refractivity contribution in [2.75, 3.05) is 6.54 Å². The first-order chi connectivity index (χ1) is 8.09. The smallest absolute Gasteiger partial charge is 0.305 e. The molecular weight excluding hydrogens is 222 g/mol. The van der Waals surface area contributed by atoms with E-state index < -0.39 is 5.97 Å². The zero-order valence-corrected chi connectivity index (χ0v) is 9.67. The molecular formula is C11H15N3O3. The van der Waals surface area contributed by atoms with Crippen LogP contribution < -0.4 is 0 Å². The monoisotopic (exact) mass is 237 g/mol. The highest BCUT2D eigenvalue weighted by Crippen LogP contribution is 2.28. The van der Waals surface area contributed by atoms with E-state index in [1.54, 1.807) is 22.8 Å². The fraction of sp³-hybridized carbons (Fsp3) is 0.545. The second kappa shape index (κ2) is 4.57. The van der Waals surface area contributed by atoms with Gasteiger partial charge in [-0.3, -0.25) is 9.59 Å². The van der Waals surface area contributed by atoms with Crippen LogP contribution in [0, 0.1) is 0 Å². The standard InChI is InChI=1S/C11H15N3O3/c1-13-7-12-6-9(13)11(17)14(8-2-3-8)5-4-10(15)16/h6-8H,2-5H2,1H3,(H,15,16). The Bertz CT molecular complexity index is 437. The number of aryl methyl sites for hydroxylation is 1. The molecule has 1 N–H and O–H groups in total. The molecule has 0 bridgehead atoms. The summed E-state index contributed by atoms with van der Waals surface area (Å²) in [5, 5.41) is 8.68. The minimum atomic E-state index is -0.881. The van der Waals surface area contributed by atoms with E-state index in [0.717, 1.165) is 12.8 Å². The second-order valence-corrected chi connectivity index (χ2v) is 4.26. The van der Waals surface area contributed by atoms with Gasteiger partial charge in [-0.15, -0.1) is 0 Å². The van der Waals surface area contributed by atoms with Gasteiger partial charge in [0.2, 0.25) is 0 Å². The summed E-state index contributed by atoms with van der Waals surface area (Å²) in [4.78, 5) is 28.3. The van der Waals surface area contributed by atoms with Crippen molar-refractivity contribution in [3.05, 3.63) is 18.2 Å². The van der Waals surface area contributed by atoms with Gasteiger partial charge in [-0.05, 0) is 12.8 Å². The maximum Gasteiger partial charge on any atom is 0.305 e. The SMILES string of the molecule is Cn1cncc1C(=O)N(CCC(=O)O)C1CC1. The van der Waals surface area contributed by atoms with Gasteiger partial charge < -0.3 is 14.6 Å². The Kier molecular flexibility index (Phi) is 3.12. The average molecular weight is 237 g/mol. The van der Waals surface area contributed by atoms with Gasteiger partial charge in [-0.1, -0.05) is 0 Å². The number of hydrogen-bond donors (Lipinski definition) is 1. The summed E-state index contributed by atoms with van der Waals surface area (Å²) in [5.41, 5.74) is 0.502. The highest BCUT2D eigenvalue weighted by molar-refractivity contribution is 5.93. The Labute approximate surface area is 98.9 Å². The summed E-state index contributed by atoms with van der Waals surface area (Å²) >= 11 is 0. The highest BCUT2D eigenvalue weighted by atomic mass is 16.4. The van der Waals surface area contributed by atoms with E-state index in [4.69, 9.17) is 5.11 Å². The van der Waals surface area contributed by atoms with Crippen molar-refractivity contribution in [1.82, 2.24) is 14.5 Å². The number of carbonyl (C=O) groups is 2. The van der Waals surface area contributed by atoms with Crippen LogP contribution in [-0.4, -0.2) is 44.0 Å². The Hall–Kier alpha value is -1.85. The quantitative estimate of drug-likeness (QED) is 0.809. The maximum absolute atomic E-state index is 12.2. The Morgan fingerprint density at radius 1 is 1.59 bits per heavy atom. The van der Waals surface area contributed by atoms with Crippen LogP contribution in [0.15, 0.2) is 12.5 Å². The zero-order valence-electron chi connectivity index (χ0n) is 9.67. The number of imidazole rings is 1. The summed E-state index contributed by atoms with van der Waals surface area (Å²) in [6.07, 6.45) is 4.99. The van der Waals surface area contributed by atoms with Crippen molar-refractivity contribution in [3.63, 3.8) is 0 Å². The summed E-state index contributed by atoms with van der Waals surface area (Å²) in [6.45, 7) is 0.268. The lowest BCUT2D eigenvalue weighted by atomic mass is 10.3. The molecule has 0 aromatic carbocycles. The Morgan fingerprint density at radius 2 is 2.29 bits per heavy atom. The van der Waals surface area contributed by atoms with Crippen LogP contribution in [0.4, 0.5) is 0 Å². The normalized spacial score (nSPS) is 14.6. The average Bonchev–Trinajstić information content (AvgIpc) is 3.00. The van der Waals surface area contributed by atoms with Crippen LogP contribution >= 0.6 is 0 Å². The van der Waals surface area contributed by atoms with Crippen molar-refractivity contribution in [2.24, 2.45) is 7.05 Å². The number of aromatic nitrogens is 2. The first-order valence-corrected chi connectivity index (χ1v) is 5.58. The van der Waals surface area contributed by atoms with E-state index in [9.17, 15) is 9.59 Å². The highest BCUT2D eigenvalue weighted by Gasteiger charge is 2.33. The number of hydrogen-bond acceptors (Lipinski definition) is 3. The Balaban J connectivity index is 2.08. The molecule has 0 radical (unpaired) electrons. The third-order valence-electron chi connectivity index (χ3n) is 2.85. The molecule has 92 valence electrons. The van der Waals surface area contributed by atoms with Crippen molar-refractivity contribution < 1.29 is 14.7 Å². The fourth-order valence-corrected chi connectivity index (χ4v) is 1.76. The van der Waals surface area contributed by atoms with E-state index in [2.05, 4.69) is 4.98 Å². The molecule has 17 heavy (non-hydrogen) atoms. The molecule has 0 unspecified atom stereocenters. The minimum Gasteiger partial charge on any atom is -0.481 e. The van der Waals surface area contributed by atoms with Gasteiger partial charge >= 0.3 is 5.97 Å². The van der Waals surface area contributed by atoms with Gasteiger partial charge in [0.1, 0.15) is 5.69 Å². The zero-order chi connectivity index (χ0) is 12.4. The molecule has 1 saturated carbocycles. The predicted molar refractivity (Wildman–Crippen MR) is 59.5 cm³/mol. The third kappa shape index (κ3) is 2.64. The fourth-order valence-electron chi connectivity index (χ4n) is 1.76. The molecule has 1 aromatic rings. The molecule has 1 aromatic heterocycles.